The number of aromatic nitrogens is 2. The molecule has 0 saturated carbocycles. The van der Waals surface area contributed by atoms with Crippen molar-refractivity contribution in [2.24, 2.45) is 0 Å². The molecule has 5 aromatic rings. The lowest BCUT2D eigenvalue weighted by molar-refractivity contribution is -0.140. The fraction of sp³-hybridized carbons (Fsp3) is 0.341. The van der Waals surface area contributed by atoms with Gasteiger partial charge >= 0.3 is 6.18 Å². The van der Waals surface area contributed by atoms with Crippen molar-refractivity contribution in [2.75, 3.05) is 63.0 Å². The predicted octanol–water partition coefficient (Wildman–Crippen LogP) is 6.73. The molecule has 0 aliphatic carbocycles. The molecule has 2 aromatic heterocycles. The number of fused-ring (bicyclic) bond motifs is 3. The average molecular weight is 809 g/mol. The Bertz CT molecular complexity index is 2430. The number of morpholine rings is 1. The number of alkyl halides is 3. The summed E-state index contributed by atoms with van der Waals surface area (Å²) in [4.78, 5) is 42.2. The second-order valence-corrected chi connectivity index (χ2v) is 15.5. The first-order chi connectivity index (χ1) is 28.4. The molecule has 15 heteroatoms. The van der Waals surface area contributed by atoms with Gasteiger partial charge in [-0.1, -0.05) is 24.3 Å². The van der Waals surface area contributed by atoms with Gasteiger partial charge in [0.15, 0.2) is 11.5 Å². The molecule has 12 nitrogen and oxygen atoms in total. The fourth-order valence-corrected chi connectivity index (χ4v) is 8.66. The molecule has 0 radical (unpaired) electrons. The molecule has 9 rings (SSSR count). The van der Waals surface area contributed by atoms with Crippen molar-refractivity contribution in [2.45, 2.75) is 45.1 Å². The first-order valence-electron chi connectivity index (χ1n) is 19.6. The van der Waals surface area contributed by atoms with Crippen LogP contribution < -0.4 is 19.3 Å². The minimum absolute atomic E-state index is 0.0110. The van der Waals surface area contributed by atoms with Gasteiger partial charge in [-0.05, 0) is 85.0 Å². The van der Waals surface area contributed by atoms with Crippen LogP contribution in [0.4, 0.5) is 30.4 Å². The number of carbonyl (C=O) groups is 2. The van der Waals surface area contributed by atoms with Crippen molar-refractivity contribution in [1.82, 2.24) is 19.4 Å². The number of likely N-dealkylation sites (N-methyl/N-ethyl adjacent to an activating group) is 1. The van der Waals surface area contributed by atoms with Crippen LogP contribution in [0, 0.1) is 6.92 Å². The number of amides is 2. The number of pyridine rings is 1. The monoisotopic (exact) mass is 808 g/mol. The van der Waals surface area contributed by atoms with Crippen molar-refractivity contribution < 1.29 is 42.1 Å². The van der Waals surface area contributed by atoms with Crippen LogP contribution in [0.1, 0.15) is 43.1 Å². The first kappa shape index (κ1) is 38.5. The zero-order valence-electron chi connectivity index (χ0n) is 32.7. The summed E-state index contributed by atoms with van der Waals surface area (Å²) in [6.45, 7) is 4.18. The summed E-state index contributed by atoms with van der Waals surface area (Å²) >= 11 is 0. The number of hydrogen-bond donors (Lipinski definition) is 1. The number of carbonyl (C=O) groups excluding carboxylic acids is 2. The van der Waals surface area contributed by atoms with Gasteiger partial charge in [0.2, 0.25) is 6.79 Å². The lowest BCUT2D eigenvalue weighted by Gasteiger charge is -2.40. The van der Waals surface area contributed by atoms with Crippen molar-refractivity contribution in [3.63, 3.8) is 0 Å². The van der Waals surface area contributed by atoms with Crippen LogP contribution in [-0.2, 0) is 30.7 Å². The number of phenols is 1. The molecule has 1 atom stereocenters. The van der Waals surface area contributed by atoms with Crippen molar-refractivity contribution in [1.29, 1.82) is 0 Å². The van der Waals surface area contributed by atoms with Crippen LogP contribution in [0.5, 0.6) is 17.2 Å². The molecular formula is C44H43F3N6O6. The Labute approximate surface area is 338 Å². The molecular weight excluding hydrogens is 766 g/mol. The van der Waals surface area contributed by atoms with Crippen LogP contribution in [-0.4, -0.2) is 102 Å². The molecule has 306 valence electrons. The molecule has 4 aliphatic heterocycles. The number of anilines is 3. The summed E-state index contributed by atoms with van der Waals surface area (Å²) in [5.41, 5.74) is 4.20. The molecule has 59 heavy (non-hydrogen) atoms. The average Bonchev–Trinajstić information content (AvgIpc) is 3.94. The number of rotatable bonds is 8. The standard InChI is InChI=1S/C44H43F3N6O6/c1-27-35(43(56)53(31-7-9-34(54)10-8-31)32-18-29-11-12-49(2)41(29)48-22-32)19-38(52(27)25-44(45,46)47)36-20-39-40(59-26-58-39)21-37(36)42(55)51-23-30-6-4-3-5-28(30)17-33(51)24-50-13-15-57-16-14-50/h3-10,18-22,33,54H,11-17,23-26H2,1-2H3/t33-/m0/s1. The minimum atomic E-state index is -4.69. The Kier molecular flexibility index (Phi) is 9.96. The normalized spacial score (nSPS) is 17.5. The maximum absolute atomic E-state index is 15.1. The van der Waals surface area contributed by atoms with E-state index in [0.29, 0.717) is 56.3 Å². The summed E-state index contributed by atoms with van der Waals surface area (Å²) < 4.78 is 61.9. The van der Waals surface area contributed by atoms with Gasteiger partial charge in [0.1, 0.15) is 18.1 Å². The number of nitrogens with zero attached hydrogens (tertiary/aromatic N) is 6. The predicted molar refractivity (Wildman–Crippen MR) is 214 cm³/mol. The molecule has 4 aliphatic rings. The van der Waals surface area contributed by atoms with Gasteiger partial charge in [0.05, 0.1) is 41.9 Å². The van der Waals surface area contributed by atoms with Gasteiger partial charge < -0.3 is 33.7 Å². The van der Waals surface area contributed by atoms with Crippen LogP contribution in [0.2, 0.25) is 0 Å². The lowest BCUT2D eigenvalue weighted by Crippen LogP contribution is -2.52. The largest absolute Gasteiger partial charge is 0.508 e. The Morgan fingerprint density at radius 3 is 2.37 bits per heavy atom. The van der Waals surface area contributed by atoms with Gasteiger partial charge in [0, 0.05) is 62.8 Å². The third kappa shape index (κ3) is 7.44. The summed E-state index contributed by atoms with van der Waals surface area (Å²) in [5, 5.41) is 10.1. The summed E-state index contributed by atoms with van der Waals surface area (Å²) in [6, 6.07) is 20.1. The number of benzene rings is 3. The van der Waals surface area contributed by atoms with E-state index in [1.165, 1.54) is 30.0 Å². The maximum atomic E-state index is 15.1. The Morgan fingerprint density at radius 2 is 1.63 bits per heavy atom. The summed E-state index contributed by atoms with van der Waals surface area (Å²) in [7, 11) is 1.93. The quantitative estimate of drug-likeness (QED) is 0.183. The summed E-state index contributed by atoms with van der Waals surface area (Å²) in [6.07, 6.45) is -1.83. The van der Waals surface area contributed by atoms with Gasteiger partial charge in [-0.25, -0.2) is 4.98 Å². The minimum Gasteiger partial charge on any atom is -0.508 e. The van der Waals surface area contributed by atoms with Crippen molar-refractivity contribution in [3.05, 3.63) is 113 Å². The molecule has 0 unspecified atom stereocenters. The number of phenolic OH excluding ortho intramolecular Hbond substituents is 1. The van der Waals surface area contributed by atoms with Crippen LogP contribution in [0.3, 0.4) is 0 Å². The highest BCUT2D eigenvalue weighted by molar-refractivity contribution is 6.12. The van der Waals surface area contributed by atoms with E-state index in [1.54, 1.807) is 35.4 Å². The van der Waals surface area contributed by atoms with Gasteiger partial charge in [-0.3, -0.25) is 19.4 Å². The fourth-order valence-electron chi connectivity index (χ4n) is 8.66. The zero-order chi connectivity index (χ0) is 41.0. The Hall–Kier alpha value is -6.06. The van der Waals surface area contributed by atoms with Crippen molar-refractivity contribution >= 4 is 29.0 Å². The topological polar surface area (TPSA) is 113 Å². The van der Waals surface area contributed by atoms with E-state index in [2.05, 4.69) is 16.0 Å². The number of halogens is 3. The molecule has 6 heterocycles. The molecule has 1 saturated heterocycles. The highest BCUT2D eigenvalue weighted by atomic mass is 19.4. The van der Waals surface area contributed by atoms with E-state index in [0.717, 1.165) is 46.7 Å². The van der Waals surface area contributed by atoms with Crippen LogP contribution in [0.15, 0.2) is 79.0 Å². The van der Waals surface area contributed by atoms with E-state index >= 15 is 4.79 Å². The zero-order valence-corrected chi connectivity index (χ0v) is 32.7. The molecule has 0 bridgehead atoms. The number of ether oxygens (including phenoxy) is 3. The molecule has 0 spiro atoms. The third-order valence-corrected chi connectivity index (χ3v) is 11.7. The van der Waals surface area contributed by atoms with Gasteiger partial charge in [-0.2, -0.15) is 13.2 Å². The molecule has 2 amide bonds. The third-order valence-electron chi connectivity index (χ3n) is 11.7. The maximum Gasteiger partial charge on any atom is 0.406 e. The second kappa shape index (κ2) is 15.3. The lowest BCUT2D eigenvalue weighted by atomic mass is 9.92. The molecule has 3 aromatic carbocycles. The van der Waals surface area contributed by atoms with E-state index in [9.17, 15) is 23.1 Å². The molecule has 1 N–H and O–H groups in total. The van der Waals surface area contributed by atoms with Crippen molar-refractivity contribution in [3.8, 4) is 28.5 Å². The van der Waals surface area contributed by atoms with E-state index in [1.807, 2.05) is 36.2 Å². The second-order valence-electron chi connectivity index (χ2n) is 15.5. The first-order valence-corrected chi connectivity index (χ1v) is 19.6. The van der Waals surface area contributed by atoms with Crippen LogP contribution >= 0.6 is 0 Å². The highest BCUT2D eigenvalue weighted by Crippen LogP contribution is 2.43. The van der Waals surface area contributed by atoms with Gasteiger partial charge in [0.25, 0.3) is 11.8 Å². The SMILES string of the molecule is Cc1c(C(=O)N(c2ccc(O)cc2)c2cnc3c(c2)CCN3C)cc(-c2cc3c(cc2C(=O)N2Cc4ccccc4C[C@H]2CN2CCOCC2)OCO3)n1CC(F)(F)F. The Balaban J connectivity index is 1.17. The van der Waals surface area contributed by atoms with E-state index in [-0.39, 0.29) is 58.3 Å². The van der Waals surface area contributed by atoms with Crippen LogP contribution in [0.25, 0.3) is 11.3 Å². The summed E-state index contributed by atoms with van der Waals surface area (Å²) in [5.74, 6) is 0.344. The van der Waals surface area contributed by atoms with Gasteiger partial charge in [-0.15, -0.1) is 0 Å². The number of aromatic hydroxyl groups is 1. The number of hydrogen-bond acceptors (Lipinski definition) is 9. The Morgan fingerprint density at radius 1 is 0.898 bits per heavy atom. The van der Waals surface area contributed by atoms with E-state index < -0.39 is 18.6 Å². The molecule has 1 fully saturated rings. The smallest absolute Gasteiger partial charge is 0.406 e. The van der Waals surface area contributed by atoms with E-state index in [4.69, 9.17) is 14.2 Å². The highest BCUT2D eigenvalue weighted by Gasteiger charge is 2.38.